The lowest BCUT2D eigenvalue weighted by Gasteiger charge is -2.19. The van der Waals surface area contributed by atoms with E-state index in [4.69, 9.17) is 16.3 Å². The first-order chi connectivity index (χ1) is 10.7. The van der Waals surface area contributed by atoms with Crippen molar-refractivity contribution in [1.29, 1.82) is 0 Å². The molecule has 2 N–H and O–H groups in total. The molecule has 0 aromatic rings. The van der Waals surface area contributed by atoms with Gasteiger partial charge in [0.1, 0.15) is 11.6 Å². The maximum Gasteiger partial charge on any atom is 0.409 e. The van der Waals surface area contributed by atoms with Crippen LogP contribution in [-0.2, 0) is 19.0 Å². The topological polar surface area (TPSA) is 103 Å². The molecule has 134 valence electrons. The molecule has 0 aliphatic carbocycles. The number of hydrogen-bond donors (Lipinski definition) is 2. The molecule has 1 atom stereocenters. The molecule has 0 radical (unpaired) electrons. The van der Waals surface area contributed by atoms with E-state index in [2.05, 4.69) is 20.1 Å². The molecule has 0 fully saturated rings. The van der Waals surface area contributed by atoms with Crippen LogP contribution in [0.1, 0.15) is 40.0 Å². The van der Waals surface area contributed by atoms with Gasteiger partial charge >= 0.3 is 18.2 Å². The fourth-order valence-corrected chi connectivity index (χ4v) is 1.70. The lowest BCUT2D eigenvalue weighted by Crippen LogP contribution is -2.41. The Hall–Kier alpha value is -1.70. The molecule has 0 unspecified atom stereocenters. The van der Waals surface area contributed by atoms with Crippen molar-refractivity contribution in [2.45, 2.75) is 51.7 Å². The fourth-order valence-electron chi connectivity index (χ4n) is 1.60. The van der Waals surface area contributed by atoms with Gasteiger partial charge in [0.15, 0.2) is 6.07 Å². The van der Waals surface area contributed by atoms with Gasteiger partial charge in [0.25, 0.3) is 0 Å². The first kappa shape index (κ1) is 21.3. The molecule has 0 heterocycles. The number of nitrogens with one attached hydrogen (secondary N) is 2. The SMILES string of the molecule is COC(=O)[C@H](CCCCNC(=O)OC(C)(C)C)NC(=O)OCCl. The van der Waals surface area contributed by atoms with Crippen molar-refractivity contribution in [3.63, 3.8) is 0 Å². The molecular formula is C14H25ClN2O6. The zero-order valence-electron chi connectivity index (χ0n) is 13.9. The van der Waals surface area contributed by atoms with E-state index >= 15 is 0 Å². The second kappa shape index (κ2) is 10.9. The van der Waals surface area contributed by atoms with E-state index in [-0.39, 0.29) is 6.07 Å². The Kier molecular flexibility index (Phi) is 10.1. The number of esters is 1. The van der Waals surface area contributed by atoms with Gasteiger partial charge in [-0.15, -0.1) is 0 Å². The highest BCUT2D eigenvalue weighted by atomic mass is 35.5. The lowest BCUT2D eigenvalue weighted by molar-refractivity contribution is -0.143. The Labute approximate surface area is 141 Å². The number of unbranched alkanes of at least 4 members (excludes halogenated alkanes) is 1. The third kappa shape index (κ3) is 11.5. The van der Waals surface area contributed by atoms with E-state index in [0.29, 0.717) is 25.8 Å². The van der Waals surface area contributed by atoms with Crippen molar-refractivity contribution in [2.24, 2.45) is 0 Å². The Morgan fingerprint density at radius 3 is 2.30 bits per heavy atom. The van der Waals surface area contributed by atoms with Gasteiger partial charge in [-0.2, -0.15) is 0 Å². The average molecular weight is 353 g/mol. The molecular weight excluding hydrogens is 328 g/mol. The molecule has 0 aromatic carbocycles. The van der Waals surface area contributed by atoms with Crippen molar-refractivity contribution in [3.8, 4) is 0 Å². The summed E-state index contributed by atoms with van der Waals surface area (Å²) in [6, 6.07) is -1.13. The highest BCUT2D eigenvalue weighted by Crippen LogP contribution is 2.07. The number of ether oxygens (including phenoxy) is 3. The average Bonchev–Trinajstić information content (AvgIpc) is 2.43. The third-order valence-corrected chi connectivity index (χ3v) is 2.66. The van der Waals surface area contributed by atoms with Crippen LogP contribution in [-0.4, -0.2) is 49.5 Å². The summed E-state index contributed by atoms with van der Waals surface area (Å²) < 4.78 is 14.2. The molecule has 0 saturated heterocycles. The zero-order chi connectivity index (χ0) is 17.9. The van der Waals surface area contributed by atoms with Gasteiger partial charge in [-0.1, -0.05) is 11.6 Å². The minimum atomic E-state index is -0.822. The summed E-state index contributed by atoms with van der Waals surface area (Å²) in [7, 11) is 1.23. The van der Waals surface area contributed by atoms with Gasteiger partial charge in [-0.25, -0.2) is 14.4 Å². The number of rotatable bonds is 8. The smallest absolute Gasteiger partial charge is 0.409 e. The quantitative estimate of drug-likeness (QED) is 0.300. The molecule has 0 aliphatic rings. The summed E-state index contributed by atoms with van der Waals surface area (Å²) in [5.41, 5.74) is -0.549. The van der Waals surface area contributed by atoms with E-state index < -0.39 is 29.8 Å². The van der Waals surface area contributed by atoms with Crippen LogP contribution in [0.4, 0.5) is 9.59 Å². The second-order valence-corrected chi connectivity index (χ2v) is 5.90. The van der Waals surface area contributed by atoms with Gasteiger partial charge in [0.05, 0.1) is 7.11 Å². The fraction of sp³-hybridized carbons (Fsp3) is 0.786. The highest BCUT2D eigenvalue weighted by Gasteiger charge is 2.21. The van der Waals surface area contributed by atoms with Crippen LogP contribution < -0.4 is 10.6 Å². The molecule has 8 nitrogen and oxygen atoms in total. The molecule has 9 heteroatoms. The summed E-state index contributed by atoms with van der Waals surface area (Å²) in [5.74, 6) is -0.573. The predicted octanol–water partition coefficient (Wildman–Crippen LogP) is 2.15. The number of hydrogen-bond acceptors (Lipinski definition) is 6. The van der Waals surface area contributed by atoms with Gasteiger partial charge < -0.3 is 24.8 Å². The van der Waals surface area contributed by atoms with E-state index in [1.54, 1.807) is 20.8 Å². The van der Waals surface area contributed by atoms with E-state index in [0.717, 1.165) is 0 Å². The van der Waals surface area contributed by atoms with Crippen molar-refractivity contribution >= 4 is 29.8 Å². The third-order valence-electron chi connectivity index (χ3n) is 2.55. The number of alkyl carbamates (subject to hydrolysis) is 2. The molecule has 0 rings (SSSR count). The minimum Gasteiger partial charge on any atom is -0.467 e. The summed E-state index contributed by atoms with van der Waals surface area (Å²) in [4.78, 5) is 34.3. The Balaban J connectivity index is 4.06. The zero-order valence-corrected chi connectivity index (χ0v) is 14.7. The minimum absolute atomic E-state index is 0.306. The molecule has 2 amide bonds. The van der Waals surface area contributed by atoms with Crippen LogP contribution in [0.2, 0.25) is 0 Å². The first-order valence-electron chi connectivity index (χ1n) is 7.23. The van der Waals surface area contributed by atoms with Crippen LogP contribution in [0.3, 0.4) is 0 Å². The maximum absolute atomic E-state index is 11.6. The van der Waals surface area contributed by atoms with Gasteiger partial charge in [0, 0.05) is 6.54 Å². The van der Waals surface area contributed by atoms with Crippen LogP contribution >= 0.6 is 11.6 Å². The van der Waals surface area contributed by atoms with Crippen molar-refractivity contribution in [3.05, 3.63) is 0 Å². The Morgan fingerprint density at radius 1 is 1.13 bits per heavy atom. The summed E-state index contributed by atoms with van der Waals surface area (Å²) >= 11 is 5.26. The standard InChI is InChI=1S/C14H25ClN2O6/c1-14(2,3)23-12(19)16-8-6-5-7-10(11(18)21-4)17-13(20)22-9-15/h10H,5-9H2,1-4H3,(H,16,19)(H,17,20)/t10-/m0/s1. The first-order valence-corrected chi connectivity index (χ1v) is 7.77. The molecule has 0 saturated carbocycles. The van der Waals surface area contributed by atoms with Crippen LogP contribution in [0, 0.1) is 0 Å². The van der Waals surface area contributed by atoms with Gasteiger partial charge in [-0.3, -0.25) is 0 Å². The Bertz CT molecular complexity index is 397. The van der Waals surface area contributed by atoms with Crippen LogP contribution in [0.15, 0.2) is 0 Å². The molecule has 0 aliphatic heterocycles. The monoisotopic (exact) mass is 352 g/mol. The number of carbonyl (C=O) groups is 3. The molecule has 0 bridgehead atoms. The van der Waals surface area contributed by atoms with Gasteiger partial charge in [0.2, 0.25) is 0 Å². The normalized spacial score (nSPS) is 12.0. The second-order valence-electron chi connectivity index (χ2n) is 5.69. The van der Waals surface area contributed by atoms with Crippen LogP contribution in [0.5, 0.6) is 0 Å². The number of alkyl halides is 1. The lowest BCUT2D eigenvalue weighted by atomic mass is 10.1. The summed E-state index contributed by atoms with van der Waals surface area (Å²) in [5, 5.41) is 4.98. The van der Waals surface area contributed by atoms with Crippen molar-refractivity contribution in [2.75, 3.05) is 19.7 Å². The van der Waals surface area contributed by atoms with E-state index in [1.807, 2.05) is 0 Å². The number of carbonyl (C=O) groups excluding carboxylic acids is 3. The van der Waals surface area contributed by atoms with Gasteiger partial charge in [-0.05, 0) is 40.0 Å². The van der Waals surface area contributed by atoms with Crippen molar-refractivity contribution in [1.82, 2.24) is 10.6 Å². The van der Waals surface area contributed by atoms with Crippen LogP contribution in [0.25, 0.3) is 0 Å². The largest absolute Gasteiger partial charge is 0.467 e. The summed E-state index contributed by atoms with van der Waals surface area (Å²) in [6.45, 7) is 5.73. The maximum atomic E-state index is 11.6. The molecule has 0 spiro atoms. The van der Waals surface area contributed by atoms with Crippen molar-refractivity contribution < 1.29 is 28.6 Å². The number of amides is 2. The predicted molar refractivity (Wildman–Crippen MR) is 84.2 cm³/mol. The molecule has 23 heavy (non-hydrogen) atoms. The van der Waals surface area contributed by atoms with E-state index in [9.17, 15) is 14.4 Å². The highest BCUT2D eigenvalue weighted by molar-refractivity contribution is 6.17. The molecule has 0 aromatic heterocycles. The number of methoxy groups -OCH3 is 1. The number of halogens is 1. The summed E-state index contributed by atoms with van der Waals surface area (Å²) in [6.07, 6.45) is 0.253. The van der Waals surface area contributed by atoms with E-state index in [1.165, 1.54) is 7.11 Å². The Morgan fingerprint density at radius 2 is 1.78 bits per heavy atom.